The number of ether oxygens (including phenoxy) is 2. The molecule has 0 bridgehead atoms. The third-order valence-corrected chi connectivity index (χ3v) is 1.85. The number of aliphatic hydroxyl groups excluding tert-OH is 1. The maximum absolute atomic E-state index is 8.77. The molecule has 0 fully saturated rings. The second-order valence-electron chi connectivity index (χ2n) is 2.69. The number of benzene rings is 1. The van der Waals surface area contributed by atoms with Crippen LogP contribution in [0.4, 0.5) is 0 Å². The second-order valence-corrected chi connectivity index (χ2v) is 2.69. The van der Waals surface area contributed by atoms with Gasteiger partial charge in [0.2, 0.25) is 0 Å². The summed E-state index contributed by atoms with van der Waals surface area (Å²) in [6.07, 6.45) is 1.61. The number of rotatable bonds is 4. The summed E-state index contributed by atoms with van der Waals surface area (Å²) in [5.74, 6) is 1.41. The Morgan fingerprint density at radius 1 is 1.43 bits per heavy atom. The predicted octanol–water partition coefficient (Wildman–Crippen LogP) is 1.67. The van der Waals surface area contributed by atoms with Gasteiger partial charge >= 0.3 is 0 Å². The first-order chi connectivity index (χ1) is 6.81. The summed E-state index contributed by atoms with van der Waals surface area (Å²) in [6.45, 7) is -0.0413. The molecule has 0 radical (unpaired) electrons. The van der Waals surface area contributed by atoms with E-state index in [9.17, 15) is 0 Å². The molecular formula is C11H14O3. The Morgan fingerprint density at radius 2 is 2.21 bits per heavy atom. The van der Waals surface area contributed by atoms with Crippen LogP contribution in [-0.2, 0) is 4.74 Å². The van der Waals surface area contributed by atoms with Crippen molar-refractivity contribution < 1.29 is 14.6 Å². The van der Waals surface area contributed by atoms with Crippen molar-refractivity contribution in [1.82, 2.24) is 0 Å². The minimum absolute atomic E-state index is 0.0413. The molecule has 0 aliphatic carbocycles. The third-order valence-electron chi connectivity index (χ3n) is 1.85. The normalized spacial score (nSPS) is 11.2. The van der Waals surface area contributed by atoms with Gasteiger partial charge in [-0.05, 0) is 18.2 Å². The summed E-state index contributed by atoms with van der Waals surface area (Å²) >= 11 is 0. The molecule has 3 nitrogen and oxygen atoms in total. The van der Waals surface area contributed by atoms with Crippen LogP contribution in [0.5, 0.6) is 5.75 Å². The van der Waals surface area contributed by atoms with Crippen LogP contribution in [0.3, 0.4) is 0 Å². The average molecular weight is 194 g/mol. The molecule has 0 aliphatic rings. The average Bonchev–Trinajstić information content (AvgIpc) is 2.26. The molecule has 0 aromatic heterocycles. The minimum atomic E-state index is -0.0413. The summed E-state index contributed by atoms with van der Waals surface area (Å²) in [6, 6.07) is 7.48. The SMILES string of the molecule is COC(=CCO)c1cccc(OC)c1. The van der Waals surface area contributed by atoms with E-state index in [-0.39, 0.29) is 6.61 Å². The van der Waals surface area contributed by atoms with Gasteiger partial charge < -0.3 is 14.6 Å². The molecule has 0 unspecified atom stereocenters. The van der Waals surface area contributed by atoms with E-state index in [0.717, 1.165) is 11.3 Å². The van der Waals surface area contributed by atoms with Crippen LogP contribution in [0.15, 0.2) is 30.3 Å². The van der Waals surface area contributed by atoms with Gasteiger partial charge in [0, 0.05) is 5.56 Å². The monoisotopic (exact) mass is 194 g/mol. The lowest BCUT2D eigenvalue weighted by molar-refractivity contribution is 0.329. The van der Waals surface area contributed by atoms with E-state index in [2.05, 4.69) is 0 Å². The lowest BCUT2D eigenvalue weighted by Crippen LogP contribution is -1.91. The van der Waals surface area contributed by atoms with Crippen molar-refractivity contribution in [2.45, 2.75) is 0 Å². The lowest BCUT2D eigenvalue weighted by atomic mass is 10.1. The van der Waals surface area contributed by atoms with Crippen LogP contribution in [0.1, 0.15) is 5.56 Å². The van der Waals surface area contributed by atoms with Crippen molar-refractivity contribution >= 4 is 5.76 Å². The molecule has 76 valence electrons. The quantitative estimate of drug-likeness (QED) is 0.741. The fourth-order valence-corrected chi connectivity index (χ4v) is 1.18. The van der Waals surface area contributed by atoms with Gasteiger partial charge in [0.05, 0.1) is 20.8 Å². The standard InChI is InChI=1S/C11H14O3/c1-13-10-5-3-4-9(8-10)11(14-2)6-7-12/h3-6,8,12H,7H2,1-2H3. The molecule has 0 atom stereocenters. The highest BCUT2D eigenvalue weighted by Gasteiger charge is 2.01. The van der Waals surface area contributed by atoms with Gasteiger partial charge in [-0.25, -0.2) is 0 Å². The van der Waals surface area contributed by atoms with E-state index in [1.807, 2.05) is 24.3 Å². The molecule has 1 aromatic carbocycles. The van der Waals surface area contributed by atoms with Crippen molar-refractivity contribution in [2.75, 3.05) is 20.8 Å². The molecule has 0 amide bonds. The molecule has 0 saturated carbocycles. The van der Waals surface area contributed by atoms with Crippen molar-refractivity contribution in [3.8, 4) is 5.75 Å². The lowest BCUT2D eigenvalue weighted by Gasteiger charge is -2.07. The summed E-state index contributed by atoms with van der Waals surface area (Å²) in [7, 11) is 3.18. The molecular weight excluding hydrogens is 180 g/mol. The summed E-state index contributed by atoms with van der Waals surface area (Å²) in [5.41, 5.74) is 0.890. The van der Waals surface area contributed by atoms with Gasteiger partial charge in [-0.3, -0.25) is 0 Å². The number of hydrogen-bond donors (Lipinski definition) is 1. The predicted molar refractivity (Wildman–Crippen MR) is 55.1 cm³/mol. The molecule has 1 aromatic rings. The Kier molecular flexibility index (Phi) is 4.01. The van der Waals surface area contributed by atoms with Crippen LogP contribution < -0.4 is 4.74 Å². The van der Waals surface area contributed by atoms with E-state index in [0.29, 0.717) is 5.76 Å². The Hall–Kier alpha value is -1.48. The van der Waals surface area contributed by atoms with Crippen molar-refractivity contribution in [3.05, 3.63) is 35.9 Å². The zero-order valence-corrected chi connectivity index (χ0v) is 8.36. The number of methoxy groups -OCH3 is 2. The van der Waals surface area contributed by atoms with Crippen LogP contribution in [0.25, 0.3) is 5.76 Å². The topological polar surface area (TPSA) is 38.7 Å². The first-order valence-corrected chi connectivity index (χ1v) is 4.31. The van der Waals surface area contributed by atoms with Crippen molar-refractivity contribution in [1.29, 1.82) is 0 Å². The largest absolute Gasteiger partial charge is 0.497 e. The highest BCUT2D eigenvalue weighted by atomic mass is 16.5. The molecule has 0 aliphatic heterocycles. The minimum Gasteiger partial charge on any atom is -0.497 e. The zero-order valence-electron chi connectivity index (χ0n) is 8.36. The van der Waals surface area contributed by atoms with Gasteiger partial charge in [-0.2, -0.15) is 0 Å². The van der Waals surface area contributed by atoms with E-state index in [4.69, 9.17) is 14.6 Å². The fraction of sp³-hybridized carbons (Fsp3) is 0.273. The van der Waals surface area contributed by atoms with Crippen LogP contribution in [0, 0.1) is 0 Å². The molecule has 1 rings (SSSR count). The van der Waals surface area contributed by atoms with Crippen molar-refractivity contribution in [3.63, 3.8) is 0 Å². The van der Waals surface area contributed by atoms with Gasteiger partial charge in [0.15, 0.2) is 0 Å². The van der Waals surface area contributed by atoms with Crippen LogP contribution >= 0.6 is 0 Å². The summed E-state index contributed by atoms with van der Waals surface area (Å²) in [5, 5.41) is 8.77. The fourth-order valence-electron chi connectivity index (χ4n) is 1.18. The van der Waals surface area contributed by atoms with Gasteiger partial charge in [0.25, 0.3) is 0 Å². The third kappa shape index (κ3) is 2.50. The second kappa shape index (κ2) is 5.29. The first kappa shape index (κ1) is 10.6. The van der Waals surface area contributed by atoms with E-state index in [1.54, 1.807) is 20.3 Å². The molecule has 0 heterocycles. The van der Waals surface area contributed by atoms with E-state index >= 15 is 0 Å². The van der Waals surface area contributed by atoms with E-state index < -0.39 is 0 Å². The molecule has 14 heavy (non-hydrogen) atoms. The summed E-state index contributed by atoms with van der Waals surface area (Å²) in [4.78, 5) is 0. The first-order valence-electron chi connectivity index (χ1n) is 4.31. The molecule has 1 N–H and O–H groups in total. The highest BCUT2D eigenvalue weighted by Crippen LogP contribution is 2.20. The highest BCUT2D eigenvalue weighted by molar-refractivity contribution is 5.61. The smallest absolute Gasteiger partial charge is 0.124 e. The maximum Gasteiger partial charge on any atom is 0.124 e. The van der Waals surface area contributed by atoms with E-state index in [1.165, 1.54) is 0 Å². The number of hydrogen-bond acceptors (Lipinski definition) is 3. The van der Waals surface area contributed by atoms with Crippen LogP contribution in [-0.4, -0.2) is 25.9 Å². The van der Waals surface area contributed by atoms with Gasteiger partial charge in [0.1, 0.15) is 11.5 Å². The zero-order chi connectivity index (χ0) is 10.4. The Labute approximate surface area is 83.6 Å². The molecule has 3 heteroatoms. The Morgan fingerprint density at radius 3 is 2.79 bits per heavy atom. The Balaban J connectivity index is 2.98. The molecule has 0 spiro atoms. The van der Waals surface area contributed by atoms with Gasteiger partial charge in [-0.1, -0.05) is 12.1 Å². The number of aliphatic hydroxyl groups is 1. The molecule has 0 saturated heterocycles. The maximum atomic E-state index is 8.77. The summed E-state index contributed by atoms with van der Waals surface area (Å²) < 4.78 is 10.2. The van der Waals surface area contributed by atoms with Gasteiger partial charge in [-0.15, -0.1) is 0 Å². The van der Waals surface area contributed by atoms with Crippen molar-refractivity contribution in [2.24, 2.45) is 0 Å². The Bertz CT molecular complexity index is 318. The van der Waals surface area contributed by atoms with Crippen LogP contribution in [0.2, 0.25) is 0 Å².